The molecule has 2 aromatic carbocycles. The van der Waals surface area contributed by atoms with Crippen LogP contribution in [0.2, 0.25) is 0 Å². The molecule has 2 aromatic rings. The number of halogens is 2. The van der Waals surface area contributed by atoms with E-state index in [1.54, 1.807) is 11.1 Å². The van der Waals surface area contributed by atoms with Crippen molar-refractivity contribution in [3.63, 3.8) is 0 Å². The lowest BCUT2D eigenvalue weighted by Crippen LogP contribution is -2.03. The first kappa shape index (κ1) is 13.8. The summed E-state index contributed by atoms with van der Waals surface area (Å²) in [6.07, 6.45) is 6.01. The van der Waals surface area contributed by atoms with Gasteiger partial charge in [-0.3, -0.25) is 0 Å². The molecule has 0 aromatic heterocycles. The van der Waals surface area contributed by atoms with Gasteiger partial charge in [-0.05, 0) is 88.0 Å². The Bertz CT molecular complexity index is 736. The van der Waals surface area contributed by atoms with Crippen LogP contribution in [0.4, 0.5) is 5.69 Å². The molecule has 0 spiro atoms. The standard InChI is InChI=1S/C18H17Br2N/c19-15-8-4-10-2-1-3-11(10)17(15)13-5-6-14-12(13)7-9-16(20)18(14)21/h4,7-9,13H,1-3,5-6,21H2. The van der Waals surface area contributed by atoms with Gasteiger partial charge in [0, 0.05) is 20.6 Å². The summed E-state index contributed by atoms with van der Waals surface area (Å²) >= 11 is 7.36. The lowest BCUT2D eigenvalue weighted by atomic mass is 9.88. The summed E-state index contributed by atoms with van der Waals surface area (Å²) in [5.41, 5.74) is 14.6. The Hall–Kier alpha value is -0.800. The number of anilines is 1. The number of nitrogens with two attached hydrogens (primary N) is 1. The van der Waals surface area contributed by atoms with Crippen LogP contribution in [0.25, 0.3) is 0 Å². The van der Waals surface area contributed by atoms with E-state index in [4.69, 9.17) is 5.73 Å². The molecule has 1 unspecified atom stereocenters. The van der Waals surface area contributed by atoms with E-state index in [0.29, 0.717) is 5.92 Å². The first-order chi connectivity index (χ1) is 10.2. The molecule has 0 saturated carbocycles. The quantitative estimate of drug-likeness (QED) is 0.633. The van der Waals surface area contributed by atoms with Crippen LogP contribution in [-0.4, -0.2) is 0 Å². The van der Waals surface area contributed by atoms with Gasteiger partial charge in [-0.2, -0.15) is 0 Å². The zero-order valence-corrected chi connectivity index (χ0v) is 14.9. The highest BCUT2D eigenvalue weighted by Gasteiger charge is 2.31. The first-order valence-corrected chi connectivity index (χ1v) is 9.12. The molecule has 3 heteroatoms. The van der Waals surface area contributed by atoms with Crippen molar-refractivity contribution >= 4 is 37.5 Å². The number of hydrogen-bond acceptors (Lipinski definition) is 1. The van der Waals surface area contributed by atoms with Gasteiger partial charge in [0.2, 0.25) is 0 Å². The van der Waals surface area contributed by atoms with Crippen LogP contribution in [-0.2, 0) is 19.3 Å². The van der Waals surface area contributed by atoms with Crippen LogP contribution in [0.3, 0.4) is 0 Å². The second kappa shape index (κ2) is 5.13. The van der Waals surface area contributed by atoms with E-state index >= 15 is 0 Å². The predicted octanol–water partition coefficient (Wildman–Crippen LogP) is 5.36. The van der Waals surface area contributed by atoms with Gasteiger partial charge in [0.25, 0.3) is 0 Å². The van der Waals surface area contributed by atoms with Crippen LogP contribution in [0.5, 0.6) is 0 Å². The van der Waals surface area contributed by atoms with E-state index < -0.39 is 0 Å². The van der Waals surface area contributed by atoms with Crippen LogP contribution in [0.1, 0.15) is 46.6 Å². The second-order valence-electron chi connectivity index (χ2n) is 6.07. The third kappa shape index (κ3) is 2.08. The monoisotopic (exact) mass is 405 g/mol. The van der Waals surface area contributed by atoms with E-state index in [1.165, 1.54) is 46.8 Å². The minimum Gasteiger partial charge on any atom is -0.398 e. The van der Waals surface area contributed by atoms with E-state index in [-0.39, 0.29) is 0 Å². The molecule has 108 valence electrons. The van der Waals surface area contributed by atoms with Crippen LogP contribution >= 0.6 is 31.9 Å². The third-order valence-electron chi connectivity index (χ3n) is 5.02. The van der Waals surface area contributed by atoms with Crippen molar-refractivity contribution in [1.82, 2.24) is 0 Å². The van der Waals surface area contributed by atoms with Gasteiger partial charge >= 0.3 is 0 Å². The molecule has 2 aliphatic carbocycles. The number of rotatable bonds is 1. The summed E-state index contributed by atoms with van der Waals surface area (Å²) < 4.78 is 2.29. The van der Waals surface area contributed by atoms with Crippen molar-refractivity contribution in [2.75, 3.05) is 5.73 Å². The molecule has 0 bridgehead atoms. The minimum absolute atomic E-state index is 0.498. The van der Waals surface area contributed by atoms with Crippen molar-refractivity contribution in [2.45, 2.75) is 38.0 Å². The van der Waals surface area contributed by atoms with Crippen molar-refractivity contribution in [2.24, 2.45) is 0 Å². The van der Waals surface area contributed by atoms with Gasteiger partial charge in [-0.1, -0.05) is 28.1 Å². The number of hydrogen-bond donors (Lipinski definition) is 1. The molecule has 4 rings (SSSR count). The van der Waals surface area contributed by atoms with E-state index in [1.807, 2.05) is 0 Å². The SMILES string of the molecule is Nc1c(Br)ccc2c1CCC2c1c(Br)ccc2c1CCC2. The van der Waals surface area contributed by atoms with Gasteiger partial charge in [-0.15, -0.1) is 0 Å². The highest BCUT2D eigenvalue weighted by Crippen LogP contribution is 2.47. The van der Waals surface area contributed by atoms with E-state index in [0.717, 1.165) is 16.6 Å². The number of nitrogen functional groups attached to an aromatic ring is 1. The second-order valence-corrected chi connectivity index (χ2v) is 7.78. The summed E-state index contributed by atoms with van der Waals surface area (Å²) in [5, 5.41) is 0. The Balaban J connectivity index is 1.89. The summed E-state index contributed by atoms with van der Waals surface area (Å²) in [6.45, 7) is 0. The molecule has 0 fully saturated rings. The summed E-state index contributed by atoms with van der Waals surface area (Å²) in [7, 11) is 0. The lowest BCUT2D eigenvalue weighted by Gasteiger charge is -2.19. The molecule has 1 nitrogen and oxygen atoms in total. The highest BCUT2D eigenvalue weighted by atomic mass is 79.9. The summed E-state index contributed by atoms with van der Waals surface area (Å²) in [6, 6.07) is 8.89. The molecule has 1 atom stereocenters. The molecular weight excluding hydrogens is 390 g/mol. The maximum Gasteiger partial charge on any atom is 0.0494 e. The van der Waals surface area contributed by atoms with Crippen LogP contribution < -0.4 is 5.73 Å². The van der Waals surface area contributed by atoms with Crippen molar-refractivity contribution in [1.29, 1.82) is 0 Å². The number of benzene rings is 2. The van der Waals surface area contributed by atoms with Gasteiger partial charge in [0.15, 0.2) is 0 Å². The fourth-order valence-corrected chi connectivity index (χ4v) is 5.06. The van der Waals surface area contributed by atoms with Crippen LogP contribution in [0.15, 0.2) is 33.2 Å². The van der Waals surface area contributed by atoms with Crippen LogP contribution in [0, 0.1) is 0 Å². The summed E-state index contributed by atoms with van der Waals surface area (Å²) in [4.78, 5) is 0. The van der Waals surface area contributed by atoms with E-state index in [9.17, 15) is 0 Å². The topological polar surface area (TPSA) is 26.0 Å². The molecule has 0 amide bonds. The zero-order chi connectivity index (χ0) is 14.6. The largest absolute Gasteiger partial charge is 0.398 e. The Labute approximate surface area is 142 Å². The molecule has 2 N–H and O–H groups in total. The number of fused-ring (bicyclic) bond motifs is 2. The zero-order valence-electron chi connectivity index (χ0n) is 11.8. The molecule has 21 heavy (non-hydrogen) atoms. The number of aryl methyl sites for hydroxylation is 1. The Kier molecular flexibility index (Phi) is 3.38. The van der Waals surface area contributed by atoms with Crippen molar-refractivity contribution in [3.05, 3.63) is 61.0 Å². The molecule has 0 radical (unpaired) electrons. The lowest BCUT2D eigenvalue weighted by molar-refractivity contribution is 0.772. The third-order valence-corrected chi connectivity index (χ3v) is 6.40. The van der Waals surface area contributed by atoms with Gasteiger partial charge < -0.3 is 5.73 Å². The van der Waals surface area contributed by atoms with Gasteiger partial charge in [0.1, 0.15) is 0 Å². The maximum absolute atomic E-state index is 6.27. The maximum atomic E-state index is 6.27. The molecule has 0 heterocycles. The predicted molar refractivity (Wildman–Crippen MR) is 94.9 cm³/mol. The Morgan fingerprint density at radius 1 is 0.905 bits per heavy atom. The fraction of sp³-hybridized carbons (Fsp3) is 0.333. The molecular formula is C18H17Br2N. The Morgan fingerprint density at radius 3 is 2.57 bits per heavy atom. The van der Waals surface area contributed by atoms with Gasteiger partial charge in [-0.25, -0.2) is 0 Å². The molecule has 2 aliphatic rings. The van der Waals surface area contributed by atoms with Crippen molar-refractivity contribution in [3.8, 4) is 0 Å². The molecule has 0 saturated heterocycles. The minimum atomic E-state index is 0.498. The average molecular weight is 407 g/mol. The van der Waals surface area contributed by atoms with E-state index in [2.05, 4.69) is 56.1 Å². The Morgan fingerprint density at radius 2 is 1.71 bits per heavy atom. The average Bonchev–Trinajstić information content (AvgIpc) is 3.09. The molecule has 0 aliphatic heterocycles. The first-order valence-electron chi connectivity index (χ1n) is 7.53. The van der Waals surface area contributed by atoms with Crippen molar-refractivity contribution < 1.29 is 0 Å². The van der Waals surface area contributed by atoms with Gasteiger partial charge in [0.05, 0.1) is 0 Å². The summed E-state index contributed by atoms with van der Waals surface area (Å²) in [5.74, 6) is 0.498. The highest BCUT2D eigenvalue weighted by molar-refractivity contribution is 9.10. The smallest absolute Gasteiger partial charge is 0.0494 e. The fourth-order valence-electron chi connectivity index (χ4n) is 4.05. The normalized spacial score (nSPS) is 19.6.